The van der Waals surface area contributed by atoms with Gasteiger partial charge in [0.1, 0.15) is 0 Å². The van der Waals surface area contributed by atoms with E-state index in [9.17, 15) is 13.2 Å². The number of fused-ring (bicyclic) bond motifs is 1. The fourth-order valence-corrected chi connectivity index (χ4v) is 1.72. The lowest BCUT2D eigenvalue weighted by Gasteiger charge is -2.03. The molecule has 1 heterocycles. The summed E-state index contributed by atoms with van der Waals surface area (Å²) >= 11 is 3.03. The first-order valence-electron chi connectivity index (χ1n) is 6.18. The number of rotatable bonds is 0. The molecule has 0 bridgehead atoms. The van der Waals surface area contributed by atoms with Crippen LogP contribution in [0.5, 0.6) is 0 Å². The van der Waals surface area contributed by atoms with Crippen molar-refractivity contribution in [3.63, 3.8) is 0 Å². The predicted molar refractivity (Wildman–Crippen MR) is 87.3 cm³/mol. The molecule has 0 amide bonds. The Morgan fingerprint density at radius 2 is 1.41 bits per heavy atom. The maximum absolute atomic E-state index is 11.8. The molecule has 0 fully saturated rings. The van der Waals surface area contributed by atoms with E-state index in [1.54, 1.807) is 6.07 Å². The lowest BCUT2D eigenvalue weighted by molar-refractivity contribution is -0.137. The van der Waals surface area contributed by atoms with Crippen LogP contribution in [0.3, 0.4) is 0 Å². The van der Waals surface area contributed by atoms with Gasteiger partial charge in [-0.05, 0) is 6.07 Å². The van der Waals surface area contributed by atoms with Crippen LogP contribution >= 0.6 is 12.8 Å². The molecular formula is C15H16F3N3S. The van der Waals surface area contributed by atoms with Crippen LogP contribution in [0, 0.1) is 0 Å². The molecule has 0 radical (unpaired) electrons. The molecule has 0 aliphatic heterocycles. The van der Waals surface area contributed by atoms with Gasteiger partial charge in [0.2, 0.25) is 0 Å². The first-order valence-corrected chi connectivity index (χ1v) is 6.70. The SMILES string of the molecule is FC(F)(F)c1ccccc1.NS.Nc1c[nH]c2ccccc12. The third kappa shape index (κ3) is 5.01. The van der Waals surface area contributed by atoms with Gasteiger partial charge >= 0.3 is 6.18 Å². The lowest BCUT2D eigenvalue weighted by atomic mass is 10.2. The molecule has 0 aliphatic carbocycles. The number of nitrogens with one attached hydrogen (secondary N) is 1. The van der Waals surface area contributed by atoms with Crippen LogP contribution in [0.15, 0.2) is 60.8 Å². The van der Waals surface area contributed by atoms with E-state index in [-0.39, 0.29) is 0 Å². The molecule has 0 spiro atoms. The summed E-state index contributed by atoms with van der Waals surface area (Å²) in [7, 11) is 0. The summed E-state index contributed by atoms with van der Waals surface area (Å²) in [5, 5.41) is 5.29. The molecule has 0 saturated heterocycles. The number of hydrogen-bond acceptors (Lipinski definition) is 3. The van der Waals surface area contributed by atoms with Gasteiger partial charge in [0, 0.05) is 17.1 Å². The van der Waals surface area contributed by atoms with Crippen molar-refractivity contribution in [1.82, 2.24) is 4.98 Å². The van der Waals surface area contributed by atoms with Gasteiger partial charge in [0.15, 0.2) is 0 Å². The zero-order valence-electron chi connectivity index (χ0n) is 11.5. The second-order valence-electron chi connectivity index (χ2n) is 4.15. The number of alkyl halides is 3. The van der Waals surface area contributed by atoms with E-state index >= 15 is 0 Å². The summed E-state index contributed by atoms with van der Waals surface area (Å²) in [5.74, 6) is 0. The molecule has 7 heteroatoms. The maximum Gasteiger partial charge on any atom is 0.416 e. The van der Waals surface area contributed by atoms with Crippen molar-refractivity contribution < 1.29 is 13.2 Å². The van der Waals surface area contributed by atoms with E-state index < -0.39 is 11.7 Å². The molecule has 0 unspecified atom stereocenters. The summed E-state index contributed by atoms with van der Waals surface area (Å²) < 4.78 is 35.4. The van der Waals surface area contributed by atoms with E-state index in [0.717, 1.165) is 28.7 Å². The topological polar surface area (TPSA) is 67.8 Å². The van der Waals surface area contributed by atoms with Crippen molar-refractivity contribution in [2.75, 3.05) is 5.73 Å². The number of H-pyrrole nitrogens is 1. The third-order valence-corrected chi connectivity index (χ3v) is 2.72. The van der Waals surface area contributed by atoms with Gasteiger partial charge in [-0.25, -0.2) is 0 Å². The molecule has 118 valence electrons. The molecular weight excluding hydrogens is 311 g/mol. The predicted octanol–water partition coefficient (Wildman–Crippen LogP) is 4.25. The molecule has 3 nitrogen and oxygen atoms in total. The molecule has 1 aromatic heterocycles. The monoisotopic (exact) mass is 327 g/mol. The number of aromatic nitrogens is 1. The number of aromatic amines is 1. The van der Waals surface area contributed by atoms with E-state index in [1.165, 1.54) is 12.1 Å². The average Bonchev–Trinajstić information content (AvgIpc) is 2.92. The number of anilines is 1. The Kier molecular flexibility index (Phi) is 6.81. The average molecular weight is 327 g/mol. The largest absolute Gasteiger partial charge is 0.416 e. The van der Waals surface area contributed by atoms with Crippen molar-refractivity contribution in [1.29, 1.82) is 0 Å². The summed E-state index contributed by atoms with van der Waals surface area (Å²) in [5.41, 5.74) is 6.96. The lowest BCUT2D eigenvalue weighted by Crippen LogP contribution is -2.03. The summed E-state index contributed by atoms with van der Waals surface area (Å²) in [6.07, 6.45) is -2.40. The highest BCUT2D eigenvalue weighted by molar-refractivity contribution is 7.77. The van der Waals surface area contributed by atoms with Crippen molar-refractivity contribution in [2.45, 2.75) is 6.18 Å². The minimum Gasteiger partial charge on any atom is -0.397 e. The van der Waals surface area contributed by atoms with Crippen LogP contribution in [-0.2, 0) is 6.18 Å². The summed E-state index contributed by atoms with van der Waals surface area (Å²) in [6, 6.07) is 14.3. The van der Waals surface area contributed by atoms with Gasteiger partial charge in [-0.2, -0.15) is 13.2 Å². The first-order chi connectivity index (χ1) is 10.5. The van der Waals surface area contributed by atoms with Gasteiger partial charge in [-0.15, -0.1) is 12.8 Å². The summed E-state index contributed by atoms with van der Waals surface area (Å²) in [4.78, 5) is 3.06. The number of nitrogen functional groups attached to an aromatic ring is 1. The van der Waals surface area contributed by atoms with E-state index in [0.29, 0.717) is 0 Å². The Hall–Kier alpha value is -2.12. The zero-order valence-corrected chi connectivity index (χ0v) is 12.4. The Balaban J connectivity index is 0.000000198. The Labute approximate surface area is 131 Å². The Morgan fingerprint density at radius 3 is 1.91 bits per heavy atom. The van der Waals surface area contributed by atoms with Crippen LogP contribution in [0.25, 0.3) is 10.9 Å². The number of nitrogens with two attached hydrogens (primary N) is 2. The molecule has 0 atom stereocenters. The normalized spacial score (nSPS) is 10.2. The molecule has 5 N–H and O–H groups in total. The van der Waals surface area contributed by atoms with Gasteiger partial charge in [-0.3, -0.25) is 5.14 Å². The van der Waals surface area contributed by atoms with Crippen LogP contribution in [0.1, 0.15) is 5.56 Å². The Bertz CT molecular complexity index is 681. The number of para-hydroxylation sites is 1. The minimum atomic E-state index is -4.21. The quantitative estimate of drug-likeness (QED) is 0.466. The van der Waals surface area contributed by atoms with Crippen LogP contribution in [-0.4, -0.2) is 4.98 Å². The summed E-state index contributed by atoms with van der Waals surface area (Å²) in [6.45, 7) is 0. The van der Waals surface area contributed by atoms with Gasteiger partial charge in [-0.1, -0.05) is 48.5 Å². The van der Waals surface area contributed by atoms with E-state index in [4.69, 9.17) is 5.73 Å². The number of thiol groups is 1. The van der Waals surface area contributed by atoms with Crippen LogP contribution < -0.4 is 10.9 Å². The third-order valence-electron chi connectivity index (χ3n) is 2.72. The highest BCUT2D eigenvalue weighted by atomic mass is 32.1. The smallest absolute Gasteiger partial charge is 0.397 e. The van der Waals surface area contributed by atoms with Crippen LogP contribution in [0.2, 0.25) is 0 Å². The van der Waals surface area contributed by atoms with Crippen LogP contribution in [0.4, 0.5) is 18.9 Å². The van der Waals surface area contributed by atoms with E-state index in [2.05, 4.69) is 22.9 Å². The van der Waals surface area contributed by atoms with Gasteiger partial charge < -0.3 is 10.7 Å². The van der Waals surface area contributed by atoms with Crippen molar-refractivity contribution in [3.8, 4) is 0 Å². The van der Waals surface area contributed by atoms with Crippen molar-refractivity contribution >= 4 is 29.4 Å². The zero-order chi connectivity index (χ0) is 16.6. The first kappa shape index (κ1) is 17.9. The molecule has 22 heavy (non-hydrogen) atoms. The fourth-order valence-electron chi connectivity index (χ4n) is 1.72. The number of benzene rings is 2. The second kappa shape index (κ2) is 8.35. The highest BCUT2D eigenvalue weighted by Crippen LogP contribution is 2.28. The molecule has 0 saturated carbocycles. The molecule has 0 aliphatic rings. The number of hydrogen-bond donors (Lipinski definition) is 4. The number of halogens is 3. The fraction of sp³-hybridized carbons (Fsp3) is 0.0667. The maximum atomic E-state index is 11.8. The highest BCUT2D eigenvalue weighted by Gasteiger charge is 2.29. The van der Waals surface area contributed by atoms with Gasteiger partial charge in [0.05, 0.1) is 11.3 Å². The molecule has 3 rings (SSSR count). The van der Waals surface area contributed by atoms with E-state index in [1.807, 2.05) is 30.5 Å². The molecule has 3 aromatic rings. The van der Waals surface area contributed by atoms with Crippen molar-refractivity contribution in [3.05, 3.63) is 66.4 Å². The standard InChI is InChI=1S/C8H8N2.C7H5F3.H3NS/c9-7-5-10-8-4-2-1-3-6(7)8;8-7(9,10)6-4-2-1-3-5-6;1-2/h1-5,10H,9H2;1-5H;2H,1H2. The van der Waals surface area contributed by atoms with Gasteiger partial charge in [0.25, 0.3) is 0 Å². The Morgan fingerprint density at radius 1 is 0.864 bits per heavy atom. The van der Waals surface area contributed by atoms with Crippen molar-refractivity contribution in [2.24, 2.45) is 5.14 Å². The second-order valence-corrected chi connectivity index (χ2v) is 4.15. The minimum absolute atomic E-state index is 0.602. The molecule has 2 aromatic carbocycles.